The molecule has 1 aromatic heterocycles. The van der Waals surface area contributed by atoms with Gasteiger partial charge in [0.05, 0.1) is 11.1 Å². The van der Waals surface area contributed by atoms with E-state index in [1.165, 1.54) is 25.3 Å². The predicted molar refractivity (Wildman–Crippen MR) is 82.3 cm³/mol. The molecule has 0 spiro atoms. The normalized spacial score (nSPS) is 10.6. The number of rotatable bonds is 2. The Hall–Kier alpha value is -1.70. The predicted octanol–water partition coefficient (Wildman–Crippen LogP) is 3.03. The molecule has 5 nitrogen and oxygen atoms in total. The highest BCUT2D eigenvalue weighted by atomic mass is 127. The summed E-state index contributed by atoms with van der Waals surface area (Å²) in [6.07, 6.45) is 0. The molecule has 2 aromatic rings. The number of esters is 1. The van der Waals surface area contributed by atoms with Crippen molar-refractivity contribution in [1.82, 2.24) is 4.57 Å². The molecule has 6 heteroatoms. The number of ketones is 1. The average Bonchev–Trinajstić information content (AvgIpc) is 2.60. The first kappa shape index (κ1) is 14.7. The third kappa shape index (κ3) is 2.47. The molecule has 0 fully saturated rings. The Kier molecular flexibility index (Phi) is 3.94. The number of halogens is 1. The second-order valence-electron chi connectivity index (χ2n) is 4.35. The van der Waals surface area contributed by atoms with Crippen LogP contribution in [0.15, 0.2) is 18.2 Å². The summed E-state index contributed by atoms with van der Waals surface area (Å²) in [5.74, 6) is -1.16. The van der Waals surface area contributed by atoms with Gasteiger partial charge in [0.15, 0.2) is 5.78 Å². The first-order chi connectivity index (χ1) is 9.32. The fraction of sp³-hybridized carbons (Fsp3) is 0.214. The number of nitrogens with zero attached hydrogens (tertiary/aromatic N) is 1. The lowest BCUT2D eigenvalue weighted by Crippen LogP contribution is -2.13. The molecule has 0 saturated heterocycles. The van der Waals surface area contributed by atoms with Crippen LogP contribution in [0.4, 0.5) is 0 Å². The molecule has 0 unspecified atom stereocenters. The van der Waals surface area contributed by atoms with Crippen molar-refractivity contribution >= 4 is 51.2 Å². The van der Waals surface area contributed by atoms with Crippen LogP contribution in [-0.2, 0) is 4.79 Å². The molecule has 0 atom stereocenters. The SMILES string of the molecule is CC(=O)Oc1c(C(C)=O)c2cc(I)ccc2n1C(C)=O. The van der Waals surface area contributed by atoms with E-state index < -0.39 is 5.97 Å². The Labute approximate surface area is 129 Å². The van der Waals surface area contributed by atoms with E-state index in [0.717, 1.165) is 3.57 Å². The topological polar surface area (TPSA) is 65.4 Å². The molecule has 20 heavy (non-hydrogen) atoms. The van der Waals surface area contributed by atoms with Crippen LogP contribution in [-0.4, -0.2) is 22.2 Å². The largest absolute Gasteiger partial charge is 0.408 e. The molecule has 0 aliphatic heterocycles. The fourth-order valence-corrected chi connectivity index (χ4v) is 2.62. The van der Waals surface area contributed by atoms with Crippen molar-refractivity contribution in [3.05, 3.63) is 27.3 Å². The molecular formula is C14H12INO4. The number of hydrogen-bond acceptors (Lipinski definition) is 4. The first-order valence-electron chi connectivity index (χ1n) is 5.87. The van der Waals surface area contributed by atoms with Crippen LogP contribution in [0.1, 0.15) is 35.9 Å². The summed E-state index contributed by atoms with van der Waals surface area (Å²) >= 11 is 2.12. The summed E-state index contributed by atoms with van der Waals surface area (Å²) in [4.78, 5) is 35.0. The summed E-state index contributed by atoms with van der Waals surface area (Å²) in [5.41, 5.74) is 0.809. The van der Waals surface area contributed by atoms with E-state index in [0.29, 0.717) is 10.9 Å². The lowest BCUT2D eigenvalue weighted by Gasteiger charge is -2.06. The molecule has 0 N–H and O–H groups in total. The summed E-state index contributed by atoms with van der Waals surface area (Å²) < 4.78 is 7.28. The maximum atomic E-state index is 11.9. The second-order valence-corrected chi connectivity index (χ2v) is 5.59. The van der Waals surface area contributed by atoms with Crippen LogP contribution in [0.2, 0.25) is 0 Å². The minimum atomic E-state index is -0.576. The lowest BCUT2D eigenvalue weighted by atomic mass is 10.1. The third-order valence-electron chi connectivity index (χ3n) is 2.79. The monoisotopic (exact) mass is 385 g/mol. The number of ether oxygens (including phenoxy) is 1. The smallest absolute Gasteiger partial charge is 0.309 e. The number of carbonyl (C=O) groups is 3. The number of carbonyl (C=O) groups excluding carboxylic acids is 3. The molecule has 0 amide bonds. The van der Waals surface area contributed by atoms with Gasteiger partial charge >= 0.3 is 5.97 Å². The summed E-state index contributed by atoms with van der Waals surface area (Å²) in [6.45, 7) is 3.97. The van der Waals surface area contributed by atoms with E-state index in [1.807, 2.05) is 6.07 Å². The van der Waals surface area contributed by atoms with Gasteiger partial charge in [-0.2, -0.15) is 0 Å². The summed E-state index contributed by atoms with van der Waals surface area (Å²) in [6, 6.07) is 5.35. The van der Waals surface area contributed by atoms with E-state index in [4.69, 9.17) is 4.74 Å². The van der Waals surface area contributed by atoms with Gasteiger partial charge in [0.1, 0.15) is 0 Å². The Balaban J connectivity index is 2.94. The van der Waals surface area contributed by atoms with Crippen LogP contribution in [0.5, 0.6) is 5.88 Å². The molecule has 0 radical (unpaired) electrons. The Morgan fingerprint density at radius 3 is 2.30 bits per heavy atom. The molecule has 0 saturated carbocycles. The second kappa shape index (κ2) is 5.35. The van der Waals surface area contributed by atoms with Crippen molar-refractivity contribution in [2.45, 2.75) is 20.8 Å². The Morgan fingerprint density at radius 2 is 1.80 bits per heavy atom. The highest BCUT2D eigenvalue weighted by Crippen LogP contribution is 2.33. The van der Waals surface area contributed by atoms with E-state index in [-0.39, 0.29) is 23.1 Å². The highest BCUT2D eigenvalue weighted by molar-refractivity contribution is 14.1. The number of fused-ring (bicyclic) bond motifs is 1. The first-order valence-corrected chi connectivity index (χ1v) is 6.95. The van der Waals surface area contributed by atoms with E-state index in [9.17, 15) is 14.4 Å². The van der Waals surface area contributed by atoms with Crippen molar-refractivity contribution in [1.29, 1.82) is 0 Å². The molecule has 0 bridgehead atoms. The summed E-state index contributed by atoms with van der Waals surface area (Å²) in [7, 11) is 0. The molecule has 0 aliphatic rings. The van der Waals surface area contributed by atoms with Gasteiger partial charge in [-0.05, 0) is 47.7 Å². The van der Waals surface area contributed by atoms with Gasteiger partial charge in [0.25, 0.3) is 0 Å². The Bertz CT molecular complexity index is 745. The quantitative estimate of drug-likeness (QED) is 0.453. The van der Waals surface area contributed by atoms with Crippen molar-refractivity contribution < 1.29 is 19.1 Å². The zero-order chi connectivity index (χ0) is 15.0. The van der Waals surface area contributed by atoms with Gasteiger partial charge in [0, 0.05) is 22.8 Å². The van der Waals surface area contributed by atoms with Gasteiger partial charge in [-0.3, -0.25) is 14.4 Å². The molecule has 1 aromatic carbocycles. The molecule has 0 aliphatic carbocycles. The van der Waals surface area contributed by atoms with Gasteiger partial charge < -0.3 is 4.74 Å². The maximum Gasteiger partial charge on any atom is 0.309 e. The fourth-order valence-electron chi connectivity index (χ4n) is 2.13. The molecule has 1 heterocycles. The lowest BCUT2D eigenvalue weighted by molar-refractivity contribution is -0.132. The highest BCUT2D eigenvalue weighted by Gasteiger charge is 2.25. The zero-order valence-corrected chi connectivity index (χ0v) is 13.3. The summed E-state index contributed by atoms with van der Waals surface area (Å²) in [5, 5.41) is 0.607. The van der Waals surface area contributed by atoms with Gasteiger partial charge in [-0.25, -0.2) is 4.57 Å². The molecular weight excluding hydrogens is 373 g/mol. The standard InChI is InChI=1S/C14H12INO4/c1-7(17)13-11-6-10(15)4-5-12(11)16(8(2)18)14(13)20-9(3)19/h4-6H,1-3H3. The molecule has 104 valence electrons. The van der Waals surface area contributed by atoms with Crippen LogP contribution in [0.3, 0.4) is 0 Å². The minimum Gasteiger partial charge on any atom is -0.408 e. The number of hydrogen-bond donors (Lipinski definition) is 0. The van der Waals surface area contributed by atoms with Crippen molar-refractivity contribution in [3.63, 3.8) is 0 Å². The van der Waals surface area contributed by atoms with Gasteiger partial charge in [0.2, 0.25) is 11.8 Å². The van der Waals surface area contributed by atoms with E-state index >= 15 is 0 Å². The van der Waals surface area contributed by atoms with Gasteiger partial charge in [-0.15, -0.1) is 0 Å². The van der Waals surface area contributed by atoms with Crippen LogP contribution in [0, 0.1) is 3.57 Å². The van der Waals surface area contributed by atoms with Crippen LogP contribution in [0.25, 0.3) is 10.9 Å². The molecule has 2 rings (SSSR count). The van der Waals surface area contributed by atoms with Crippen LogP contribution >= 0.6 is 22.6 Å². The zero-order valence-electron chi connectivity index (χ0n) is 11.2. The minimum absolute atomic E-state index is 0.00509. The average molecular weight is 385 g/mol. The van der Waals surface area contributed by atoms with Crippen molar-refractivity contribution in [2.24, 2.45) is 0 Å². The Morgan fingerprint density at radius 1 is 1.15 bits per heavy atom. The van der Waals surface area contributed by atoms with Crippen molar-refractivity contribution in [3.8, 4) is 5.88 Å². The number of aromatic nitrogens is 1. The third-order valence-corrected chi connectivity index (χ3v) is 3.46. The van der Waals surface area contributed by atoms with E-state index in [1.54, 1.807) is 12.1 Å². The maximum absolute atomic E-state index is 11.9. The number of benzene rings is 1. The van der Waals surface area contributed by atoms with Crippen LogP contribution < -0.4 is 4.74 Å². The van der Waals surface area contributed by atoms with Gasteiger partial charge in [-0.1, -0.05) is 0 Å². The van der Waals surface area contributed by atoms with E-state index in [2.05, 4.69) is 22.6 Å². The number of Topliss-reactive ketones (excluding diaryl/α,β-unsaturated/α-hetero) is 1. The van der Waals surface area contributed by atoms with Crippen molar-refractivity contribution in [2.75, 3.05) is 0 Å².